The molecule has 0 saturated heterocycles. The minimum atomic E-state index is -1.53. The van der Waals surface area contributed by atoms with Crippen molar-refractivity contribution in [3.8, 4) is 0 Å². The van der Waals surface area contributed by atoms with Crippen LogP contribution in [0.5, 0.6) is 0 Å². The Balaban J connectivity index is 4.47. The van der Waals surface area contributed by atoms with Gasteiger partial charge in [0.1, 0.15) is 0 Å². The number of aliphatic carboxylic acids is 2. The number of carboxylic acids is 2. The molecule has 0 spiro atoms. The summed E-state index contributed by atoms with van der Waals surface area (Å²) < 4.78 is 0.00667. The highest BCUT2D eigenvalue weighted by atomic mass is 79.9. The lowest BCUT2D eigenvalue weighted by Gasteiger charge is -2.24. The fraction of sp³-hybridized carbons (Fsp3) is 0.750. The zero-order chi connectivity index (χ0) is 11.5. The molecule has 0 aliphatic heterocycles. The number of carboxylic acid groups (broad SMARTS) is 2. The molecule has 0 rings (SSSR count). The fourth-order valence-corrected chi connectivity index (χ4v) is 2.18. The third kappa shape index (κ3) is 4.23. The van der Waals surface area contributed by atoms with E-state index in [2.05, 4.69) is 35.6 Å². The molecule has 0 saturated carbocycles. The van der Waals surface area contributed by atoms with Crippen molar-refractivity contribution in [1.29, 1.82) is 0 Å². The average Bonchev–Trinajstić information content (AvgIpc) is 1.96. The van der Waals surface area contributed by atoms with E-state index in [-0.39, 0.29) is 10.9 Å². The summed E-state index contributed by atoms with van der Waals surface area (Å²) in [6, 6.07) is 0. The van der Waals surface area contributed by atoms with E-state index in [1.54, 1.807) is 0 Å². The van der Waals surface area contributed by atoms with Gasteiger partial charge in [0.15, 0.2) is 5.92 Å². The van der Waals surface area contributed by atoms with Gasteiger partial charge in [0, 0.05) is 4.45 Å². The van der Waals surface area contributed by atoms with Crippen LogP contribution in [0.3, 0.4) is 0 Å². The van der Waals surface area contributed by atoms with Gasteiger partial charge in [-0.1, -0.05) is 35.6 Å². The van der Waals surface area contributed by atoms with Crippen LogP contribution in [0.2, 0.25) is 19.6 Å². The predicted molar refractivity (Wildman–Crippen MR) is 59.4 cm³/mol. The van der Waals surface area contributed by atoms with Crippen LogP contribution in [0.4, 0.5) is 0 Å². The number of carbonyl (C=O) groups is 2. The van der Waals surface area contributed by atoms with Crippen LogP contribution in [0, 0.1) is 5.92 Å². The molecule has 14 heavy (non-hydrogen) atoms. The molecular weight excluding hydrogens is 268 g/mol. The molecule has 0 fully saturated rings. The number of hydrogen-bond acceptors (Lipinski definition) is 2. The van der Waals surface area contributed by atoms with Crippen LogP contribution in [0.25, 0.3) is 0 Å². The number of rotatable bonds is 5. The molecule has 0 aromatic heterocycles. The maximum atomic E-state index is 10.6. The van der Waals surface area contributed by atoms with Gasteiger partial charge in [0.05, 0.1) is 8.07 Å². The van der Waals surface area contributed by atoms with Gasteiger partial charge in [-0.2, -0.15) is 0 Å². The van der Waals surface area contributed by atoms with Crippen LogP contribution in [0.1, 0.15) is 6.42 Å². The van der Waals surface area contributed by atoms with Crippen molar-refractivity contribution in [2.24, 2.45) is 5.92 Å². The molecule has 1 atom stereocenters. The third-order valence-electron chi connectivity index (χ3n) is 1.98. The maximum Gasteiger partial charge on any atom is 0.317 e. The van der Waals surface area contributed by atoms with E-state index in [9.17, 15) is 9.59 Å². The molecule has 0 aromatic rings. The van der Waals surface area contributed by atoms with Crippen molar-refractivity contribution >= 4 is 35.9 Å². The Labute approximate surface area is 92.5 Å². The number of halogens is 1. The van der Waals surface area contributed by atoms with Crippen molar-refractivity contribution in [3.63, 3.8) is 0 Å². The lowest BCUT2D eigenvalue weighted by Crippen LogP contribution is -2.38. The molecule has 0 bridgehead atoms. The summed E-state index contributed by atoms with van der Waals surface area (Å²) in [5.41, 5.74) is 0. The van der Waals surface area contributed by atoms with Gasteiger partial charge in [-0.05, 0) is 6.42 Å². The van der Waals surface area contributed by atoms with Gasteiger partial charge in [-0.25, -0.2) is 0 Å². The zero-order valence-electron chi connectivity index (χ0n) is 8.45. The van der Waals surface area contributed by atoms with Gasteiger partial charge in [0.25, 0.3) is 0 Å². The first kappa shape index (κ1) is 13.6. The van der Waals surface area contributed by atoms with Gasteiger partial charge < -0.3 is 10.2 Å². The zero-order valence-corrected chi connectivity index (χ0v) is 11.0. The minimum absolute atomic E-state index is 0.00667. The van der Waals surface area contributed by atoms with Crippen molar-refractivity contribution < 1.29 is 19.8 Å². The molecule has 1 unspecified atom stereocenters. The normalized spacial score (nSPS) is 14.1. The second kappa shape index (κ2) is 4.93. The molecule has 0 aromatic carbocycles. The molecule has 0 aliphatic rings. The maximum absolute atomic E-state index is 10.6. The molecule has 6 heteroatoms. The van der Waals surface area contributed by atoms with E-state index in [1.807, 2.05) is 0 Å². The Morgan fingerprint density at radius 1 is 1.21 bits per heavy atom. The lowest BCUT2D eigenvalue weighted by atomic mass is 10.1. The SMILES string of the molecule is C[Si](C)(C)C(Br)CC(C(=O)O)C(=O)O. The average molecular weight is 283 g/mol. The molecule has 82 valence electrons. The quantitative estimate of drug-likeness (QED) is 0.458. The van der Waals surface area contributed by atoms with E-state index >= 15 is 0 Å². The molecular formula is C8H15BrO4Si. The third-order valence-corrected chi connectivity index (χ3v) is 8.59. The first-order chi connectivity index (χ1) is 6.16. The summed E-state index contributed by atoms with van der Waals surface area (Å²) in [4.78, 5) is 21.2. The molecule has 0 heterocycles. The van der Waals surface area contributed by atoms with Gasteiger partial charge in [-0.3, -0.25) is 9.59 Å². The topological polar surface area (TPSA) is 74.6 Å². The second-order valence-corrected chi connectivity index (χ2v) is 11.7. The fourth-order valence-electron chi connectivity index (χ4n) is 0.868. The highest BCUT2D eigenvalue weighted by Gasteiger charge is 2.33. The van der Waals surface area contributed by atoms with Crippen LogP contribution < -0.4 is 0 Å². The molecule has 0 radical (unpaired) electrons. The highest BCUT2D eigenvalue weighted by molar-refractivity contribution is 9.10. The largest absolute Gasteiger partial charge is 0.481 e. The van der Waals surface area contributed by atoms with E-state index in [1.165, 1.54) is 0 Å². The van der Waals surface area contributed by atoms with Gasteiger partial charge >= 0.3 is 11.9 Å². The first-order valence-corrected chi connectivity index (χ1v) is 8.75. The minimum Gasteiger partial charge on any atom is -0.481 e. The van der Waals surface area contributed by atoms with Gasteiger partial charge in [-0.15, -0.1) is 0 Å². The molecule has 2 N–H and O–H groups in total. The molecule has 0 aliphatic carbocycles. The predicted octanol–water partition coefficient (Wildman–Crippen LogP) is 1.80. The van der Waals surface area contributed by atoms with E-state index < -0.39 is 25.9 Å². The van der Waals surface area contributed by atoms with Crippen molar-refractivity contribution in [2.45, 2.75) is 30.5 Å². The second-order valence-electron chi connectivity index (χ2n) is 4.30. The Morgan fingerprint density at radius 2 is 1.57 bits per heavy atom. The number of hydrogen-bond donors (Lipinski definition) is 2. The Morgan fingerprint density at radius 3 is 1.79 bits per heavy atom. The summed E-state index contributed by atoms with van der Waals surface area (Å²) in [5.74, 6) is -3.83. The monoisotopic (exact) mass is 282 g/mol. The Bertz CT molecular complexity index is 222. The number of alkyl halides is 1. The van der Waals surface area contributed by atoms with Crippen molar-refractivity contribution in [3.05, 3.63) is 0 Å². The standard InChI is InChI=1S/C8H15BrO4Si/c1-14(2,3)6(9)4-5(7(10)11)8(12)13/h5-6H,4H2,1-3H3,(H,10,11)(H,12,13). The molecule has 4 nitrogen and oxygen atoms in total. The highest BCUT2D eigenvalue weighted by Crippen LogP contribution is 2.23. The first-order valence-electron chi connectivity index (χ1n) is 4.26. The summed E-state index contributed by atoms with van der Waals surface area (Å²) >= 11 is 3.37. The van der Waals surface area contributed by atoms with E-state index in [0.29, 0.717) is 0 Å². The summed E-state index contributed by atoms with van der Waals surface area (Å²) in [6.07, 6.45) is 0.153. The Hall–Kier alpha value is -0.363. The Kier molecular flexibility index (Phi) is 4.80. The van der Waals surface area contributed by atoms with Crippen LogP contribution in [-0.4, -0.2) is 34.7 Å². The summed E-state index contributed by atoms with van der Waals surface area (Å²) in [7, 11) is -1.53. The van der Waals surface area contributed by atoms with Gasteiger partial charge in [0.2, 0.25) is 0 Å². The smallest absolute Gasteiger partial charge is 0.317 e. The van der Waals surface area contributed by atoms with E-state index in [4.69, 9.17) is 10.2 Å². The van der Waals surface area contributed by atoms with Crippen LogP contribution in [0.15, 0.2) is 0 Å². The van der Waals surface area contributed by atoms with Crippen LogP contribution >= 0.6 is 15.9 Å². The van der Waals surface area contributed by atoms with Crippen molar-refractivity contribution in [2.75, 3.05) is 0 Å². The van der Waals surface area contributed by atoms with Crippen LogP contribution in [-0.2, 0) is 9.59 Å². The van der Waals surface area contributed by atoms with Crippen molar-refractivity contribution in [1.82, 2.24) is 0 Å². The molecule has 0 amide bonds. The summed E-state index contributed by atoms with van der Waals surface area (Å²) in [5, 5.41) is 17.3. The lowest BCUT2D eigenvalue weighted by molar-refractivity contribution is -0.154. The summed E-state index contributed by atoms with van der Waals surface area (Å²) in [6.45, 7) is 6.19. The van der Waals surface area contributed by atoms with E-state index in [0.717, 1.165) is 0 Å².